The van der Waals surface area contributed by atoms with Crippen molar-refractivity contribution < 1.29 is 9.21 Å². The van der Waals surface area contributed by atoms with Crippen molar-refractivity contribution in [1.82, 2.24) is 19.7 Å². The lowest BCUT2D eigenvalue weighted by Gasteiger charge is -2.31. The van der Waals surface area contributed by atoms with Gasteiger partial charge in [-0.1, -0.05) is 29.3 Å². The van der Waals surface area contributed by atoms with Gasteiger partial charge in [-0.15, -0.1) is 0 Å². The molecule has 1 saturated heterocycles. The quantitative estimate of drug-likeness (QED) is 0.705. The van der Waals surface area contributed by atoms with Crippen LogP contribution in [0.2, 0.25) is 10.0 Å². The first-order valence-corrected chi connectivity index (χ1v) is 10.2. The average Bonchev–Trinajstić information content (AvgIpc) is 3.13. The summed E-state index contributed by atoms with van der Waals surface area (Å²) in [4.78, 5) is 23.3. The van der Waals surface area contributed by atoms with E-state index in [-0.39, 0.29) is 11.9 Å². The predicted octanol–water partition coefficient (Wildman–Crippen LogP) is 3.78. The Bertz CT molecular complexity index is 816. The summed E-state index contributed by atoms with van der Waals surface area (Å²) in [5, 5.41) is 1.08. The molecule has 1 aromatic heterocycles. The summed E-state index contributed by atoms with van der Waals surface area (Å²) in [6, 6.07) is 5.90. The van der Waals surface area contributed by atoms with Crippen LogP contribution >= 0.6 is 23.2 Å². The number of hydrogen-bond donors (Lipinski definition) is 0. The number of carbonyl (C=O) groups is 1. The topological polar surface area (TPSA) is 52.8 Å². The molecule has 2 aromatic rings. The molecule has 2 heterocycles. The molecule has 1 aromatic carbocycles. The molecule has 8 heteroatoms. The Hall–Kier alpha value is -1.60. The van der Waals surface area contributed by atoms with Crippen LogP contribution < -0.4 is 0 Å². The maximum absolute atomic E-state index is 12.6. The van der Waals surface area contributed by atoms with Crippen molar-refractivity contribution in [2.24, 2.45) is 0 Å². The number of rotatable bonds is 6. The lowest BCUT2D eigenvalue weighted by atomic mass is 10.2. The van der Waals surface area contributed by atoms with Gasteiger partial charge in [0, 0.05) is 38.8 Å². The summed E-state index contributed by atoms with van der Waals surface area (Å²) in [5.74, 6) is 0.468. The molecule has 1 aliphatic heterocycles. The van der Waals surface area contributed by atoms with E-state index >= 15 is 0 Å². The number of likely N-dealkylation sites (N-methyl/N-ethyl adjacent to an activating group) is 1. The monoisotopic (exact) mass is 424 g/mol. The first kappa shape index (κ1) is 21.1. The van der Waals surface area contributed by atoms with E-state index in [2.05, 4.69) is 35.7 Å². The lowest BCUT2D eigenvalue weighted by molar-refractivity contribution is 0.0658. The Labute approximate surface area is 176 Å². The maximum Gasteiger partial charge on any atom is 0.275 e. The van der Waals surface area contributed by atoms with Crippen LogP contribution in [0, 0.1) is 0 Å². The molecule has 3 rings (SSSR count). The van der Waals surface area contributed by atoms with Crippen LogP contribution in [-0.2, 0) is 13.1 Å². The van der Waals surface area contributed by atoms with Gasteiger partial charge < -0.3 is 14.2 Å². The molecule has 0 radical (unpaired) electrons. The van der Waals surface area contributed by atoms with E-state index in [0.29, 0.717) is 47.8 Å². The zero-order valence-electron chi connectivity index (χ0n) is 16.5. The van der Waals surface area contributed by atoms with Gasteiger partial charge in [-0.2, -0.15) is 0 Å². The summed E-state index contributed by atoms with van der Waals surface area (Å²) < 4.78 is 5.60. The van der Waals surface area contributed by atoms with Crippen molar-refractivity contribution in [3.05, 3.63) is 51.7 Å². The highest BCUT2D eigenvalue weighted by atomic mass is 35.5. The van der Waals surface area contributed by atoms with Crippen LogP contribution in [-0.4, -0.2) is 64.9 Å². The third-order valence-corrected chi connectivity index (χ3v) is 5.74. The summed E-state index contributed by atoms with van der Waals surface area (Å²) >= 11 is 12.1. The van der Waals surface area contributed by atoms with Crippen LogP contribution in [0.5, 0.6) is 0 Å². The molecule has 152 valence electrons. The van der Waals surface area contributed by atoms with Gasteiger partial charge >= 0.3 is 0 Å². The lowest BCUT2D eigenvalue weighted by Crippen LogP contribution is -2.47. The Morgan fingerprint density at radius 1 is 1.18 bits per heavy atom. The van der Waals surface area contributed by atoms with Crippen molar-refractivity contribution in [2.45, 2.75) is 33.0 Å². The van der Waals surface area contributed by atoms with Gasteiger partial charge in [0.25, 0.3) is 5.91 Å². The first-order valence-electron chi connectivity index (χ1n) is 9.43. The Morgan fingerprint density at radius 3 is 2.54 bits per heavy atom. The van der Waals surface area contributed by atoms with E-state index in [9.17, 15) is 4.79 Å². The second-order valence-corrected chi connectivity index (χ2v) is 8.28. The number of hydrogen-bond acceptors (Lipinski definition) is 5. The third kappa shape index (κ3) is 5.26. The van der Waals surface area contributed by atoms with Crippen molar-refractivity contribution >= 4 is 29.1 Å². The van der Waals surface area contributed by atoms with Gasteiger partial charge in [-0.25, -0.2) is 4.98 Å². The number of benzene rings is 1. The molecule has 1 fully saturated rings. The Kier molecular flexibility index (Phi) is 6.99. The molecule has 0 N–H and O–H groups in total. The molecule has 0 aliphatic carbocycles. The molecule has 0 atom stereocenters. The molecule has 0 spiro atoms. The van der Waals surface area contributed by atoms with E-state index in [1.165, 1.54) is 6.26 Å². The summed E-state index contributed by atoms with van der Waals surface area (Å²) in [6.07, 6.45) is 1.47. The minimum atomic E-state index is -0.0660. The van der Waals surface area contributed by atoms with Crippen molar-refractivity contribution in [1.29, 1.82) is 0 Å². The van der Waals surface area contributed by atoms with Crippen LogP contribution in [0.25, 0.3) is 0 Å². The van der Waals surface area contributed by atoms with Crippen LogP contribution in [0.3, 0.4) is 0 Å². The Balaban J connectivity index is 1.65. The zero-order valence-corrected chi connectivity index (χ0v) is 18.0. The standard InChI is InChI=1S/C20H26Cl2N4O2/c1-14(2)26(11-15-4-5-16(21)17(22)10-15)12-19-23-18(13-28-19)20(27)25-8-6-24(3)7-9-25/h4-5,10,13-14H,6-9,11-12H2,1-3H3. The first-order chi connectivity index (χ1) is 13.3. The van der Waals surface area contributed by atoms with Gasteiger partial charge in [-0.3, -0.25) is 9.69 Å². The fourth-order valence-electron chi connectivity index (χ4n) is 3.12. The molecule has 0 unspecified atom stereocenters. The van der Waals surface area contributed by atoms with E-state index in [4.69, 9.17) is 27.6 Å². The fraction of sp³-hybridized carbons (Fsp3) is 0.500. The maximum atomic E-state index is 12.6. The Morgan fingerprint density at radius 2 is 1.89 bits per heavy atom. The smallest absolute Gasteiger partial charge is 0.275 e. The minimum Gasteiger partial charge on any atom is -0.447 e. The summed E-state index contributed by atoms with van der Waals surface area (Å²) in [7, 11) is 2.06. The normalized spacial score (nSPS) is 15.6. The van der Waals surface area contributed by atoms with Crippen LogP contribution in [0.15, 0.2) is 28.9 Å². The van der Waals surface area contributed by atoms with Gasteiger partial charge in [0.15, 0.2) is 5.69 Å². The highest BCUT2D eigenvalue weighted by Crippen LogP contribution is 2.24. The van der Waals surface area contributed by atoms with Gasteiger partial charge in [0.1, 0.15) is 6.26 Å². The minimum absolute atomic E-state index is 0.0660. The largest absolute Gasteiger partial charge is 0.447 e. The molecule has 1 aliphatic rings. The predicted molar refractivity (Wildman–Crippen MR) is 111 cm³/mol. The number of oxazole rings is 1. The number of halogens is 2. The molecule has 0 saturated carbocycles. The summed E-state index contributed by atoms with van der Waals surface area (Å²) in [6.45, 7) is 8.59. The molecular formula is C20H26Cl2N4O2. The highest BCUT2D eigenvalue weighted by Gasteiger charge is 2.24. The van der Waals surface area contributed by atoms with E-state index in [1.54, 1.807) is 6.07 Å². The van der Waals surface area contributed by atoms with Gasteiger partial charge in [0.2, 0.25) is 5.89 Å². The number of piperazine rings is 1. The van der Waals surface area contributed by atoms with Gasteiger partial charge in [0.05, 0.1) is 16.6 Å². The third-order valence-electron chi connectivity index (χ3n) is 5.00. The van der Waals surface area contributed by atoms with Crippen LogP contribution in [0.4, 0.5) is 0 Å². The average molecular weight is 425 g/mol. The van der Waals surface area contributed by atoms with Crippen LogP contribution in [0.1, 0.15) is 35.8 Å². The second kappa shape index (κ2) is 9.27. The molecule has 1 amide bonds. The fourth-order valence-corrected chi connectivity index (χ4v) is 3.44. The number of carbonyl (C=O) groups excluding carboxylic acids is 1. The van der Waals surface area contributed by atoms with Crippen molar-refractivity contribution in [3.8, 4) is 0 Å². The number of aromatic nitrogens is 1. The van der Waals surface area contributed by atoms with Gasteiger partial charge in [-0.05, 0) is 38.6 Å². The molecular weight excluding hydrogens is 399 g/mol. The highest BCUT2D eigenvalue weighted by molar-refractivity contribution is 6.42. The SMILES string of the molecule is CC(C)N(Cc1ccc(Cl)c(Cl)c1)Cc1nc(C(=O)N2CCN(C)CC2)co1. The van der Waals surface area contributed by atoms with E-state index < -0.39 is 0 Å². The van der Waals surface area contributed by atoms with E-state index in [0.717, 1.165) is 18.7 Å². The van der Waals surface area contributed by atoms with E-state index in [1.807, 2.05) is 17.0 Å². The number of amides is 1. The number of nitrogens with zero attached hydrogens (tertiary/aromatic N) is 4. The second-order valence-electron chi connectivity index (χ2n) is 7.47. The summed E-state index contributed by atoms with van der Waals surface area (Å²) in [5.41, 5.74) is 1.43. The molecule has 0 bridgehead atoms. The van der Waals surface area contributed by atoms with Crippen molar-refractivity contribution in [3.63, 3.8) is 0 Å². The zero-order chi connectivity index (χ0) is 20.3. The van der Waals surface area contributed by atoms with Crippen molar-refractivity contribution in [2.75, 3.05) is 33.2 Å². The molecule has 6 nitrogen and oxygen atoms in total. The molecule has 28 heavy (non-hydrogen) atoms.